The van der Waals surface area contributed by atoms with Crippen molar-refractivity contribution in [2.75, 3.05) is 0 Å². The molecule has 2 fully saturated rings. The van der Waals surface area contributed by atoms with Gasteiger partial charge in [0.2, 0.25) is 0 Å². The summed E-state index contributed by atoms with van der Waals surface area (Å²) in [4.78, 5) is 12.7. The number of rotatable bonds is 0. The Balaban J connectivity index is 2.15. The van der Waals surface area contributed by atoms with E-state index >= 15 is 0 Å². The Labute approximate surface area is 106 Å². The van der Waals surface area contributed by atoms with Gasteiger partial charge in [-0.2, -0.15) is 0 Å². The summed E-state index contributed by atoms with van der Waals surface area (Å²) in [6.45, 7) is 6.69. The Kier molecular flexibility index (Phi) is 2.07. The maximum atomic E-state index is 12.1. The topological polar surface area (TPSA) is 17.1 Å². The summed E-state index contributed by atoms with van der Waals surface area (Å²) in [5.74, 6) is 1.23. The maximum absolute atomic E-state index is 12.1. The van der Waals surface area contributed by atoms with Gasteiger partial charge < -0.3 is 0 Å². The molecule has 0 heterocycles. The molecule has 0 unspecified atom stereocenters. The van der Waals surface area contributed by atoms with E-state index in [1.54, 1.807) is 0 Å². The third kappa shape index (κ3) is 0.927. The van der Waals surface area contributed by atoms with E-state index in [1.165, 1.54) is 24.8 Å². The van der Waals surface area contributed by atoms with Crippen LogP contribution < -0.4 is 0 Å². The Bertz CT molecular complexity index is 400. The normalized spacial score (nSPS) is 55.1. The minimum atomic E-state index is 0.225. The Morgan fingerprint density at radius 2 is 2.12 bits per heavy atom. The smallest absolute Gasteiger partial charge is 0.159 e. The molecule has 88 valence electrons. The largest absolute Gasteiger partial charge is 0.295 e. The molecule has 0 saturated heterocycles. The van der Waals surface area contributed by atoms with Crippen molar-refractivity contribution in [3.63, 3.8) is 0 Å². The molecule has 2 heteroatoms. The van der Waals surface area contributed by atoms with Crippen LogP contribution in [0.2, 0.25) is 0 Å². The van der Waals surface area contributed by atoms with Crippen LogP contribution in [0.5, 0.6) is 0 Å². The Morgan fingerprint density at radius 3 is 2.69 bits per heavy atom. The number of carbonyl (C=O) groups excluding carboxylic acids is 1. The molecule has 1 nitrogen and oxygen atoms in total. The van der Waals surface area contributed by atoms with E-state index in [0.29, 0.717) is 21.9 Å². The monoisotopic (exact) mass is 282 g/mol. The second-order valence-electron chi connectivity index (χ2n) is 6.23. The number of ketones is 1. The fourth-order valence-corrected chi connectivity index (χ4v) is 5.84. The summed E-state index contributed by atoms with van der Waals surface area (Å²) >= 11 is 3.87. The summed E-state index contributed by atoms with van der Waals surface area (Å²) in [5, 5.41) is 0. The molecule has 0 radical (unpaired) electrons. The van der Waals surface area contributed by atoms with Gasteiger partial charge in [0, 0.05) is 10.7 Å². The highest BCUT2D eigenvalue weighted by atomic mass is 79.9. The van der Waals surface area contributed by atoms with Gasteiger partial charge in [0.25, 0.3) is 0 Å². The van der Waals surface area contributed by atoms with Crippen molar-refractivity contribution < 1.29 is 4.79 Å². The predicted octanol–water partition coefficient (Wildman–Crippen LogP) is 3.72. The zero-order chi connectivity index (χ0) is 11.7. The van der Waals surface area contributed by atoms with Crippen LogP contribution in [0.25, 0.3) is 0 Å². The minimum Gasteiger partial charge on any atom is -0.295 e. The van der Waals surface area contributed by atoms with E-state index in [2.05, 4.69) is 36.7 Å². The molecular formula is C14H19BrO. The molecule has 3 rings (SSSR count). The number of hydrogen-bond acceptors (Lipinski definition) is 1. The van der Waals surface area contributed by atoms with Gasteiger partial charge in [-0.05, 0) is 49.0 Å². The fraction of sp³-hybridized carbons (Fsp3) is 0.786. The summed E-state index contributed by atoms with van der Waals surface area (Å²) in [6.07, 6.45) is 5.65. The van der Waals surface area contributed by atoms with Gasteiger partial charge in [0.15, 0.2) is 5.78 Å². The highest BCUT2D eigenvalue weighted by Crippen LogP contribution is 2.75. The molecule has 5 atom stereocenters. The lowest BCUT2D eigenvalue weighted by molar-refractivity contribution is -0.143. The van der Waals surface area contributed by atoms with Gasteiger partial charge in [-0.25, -0.2) is 0 Å². The summed E-state index contributed by atoms with van der Waals surface area (Å²) in [6, 6.07) is 0. The summed E-state index contributed by atoms with van der Waals surface area (Å²) in [5.41, 5.74) is 1.95. The molecule has 0 aromatic heterocycles. The van der Waals surface area contributed by atoms with Crippen LogP contribution in [-0.2, 0) is 4.79 Å². The standard InChI is InChI=1S/C14H19BrO/c1-8-6-11(16)9(2)14-5-4-13(14,3)12(15)7-10(8)14/h6,9-10,12H,4-5,7H2,1-3H3/t9-,10+,12-,13-,14-/m0/s1. The maximum Gasteiger partial charge on any atom is 0.159 e. The first-order valence-electron chi connectivity index (χ1n) is 6.29. The third-order valence-corrected chi connectivity index (χ3v) is 7.38. The number of alkyl halides is 1. The van der Waals surface area contributed by atoms with E-state index < -0.39 is 0 Å². The number of hydrogen-bond donors (Lipinski definition) is 0. The van der Waals surface area contributed by atoms with Crippen LogP contribution in [-0.4, -0.2) is 10.6 Å². The highest BCUT2D eigenvalue weighted by molar-refractivity contribution is 9.09. The minimum absolute atomic E-state index is 0.225. The Hall–Kier alpha value is -0.110. The van der Waals surface area contributed by atoms with Gasteiger partial charge in [-0.3, -0.25) is 4.79 Å². The van der Waals surface area contributed by atoms with Crippen molar-refractivity contribution in [3.8, 4) is 0 Å². The molecule has 3 aliphatic carbocycles. The summed E-state index contributed by atoms with van der Waals surface area (Å²) < 4.78 is 0. The van der Waals surface area contributed by atoms with Crippen LogP contribution in [0.4, 0.5) is 0 Å². The Morgan fingerprint density at radius 1 is 1.44 bits per heavy atom. The lowest BCUT2D eigenvalue weighted by atomic mass is 9.43. The molecule has 16 heavy (non-hydrogen) atoms. The molecular weight excluding hydrogens is 264 g/mol. The number of halogens is 1. The summed E-state index contributed by atoms with van der Waals surface area (Å²) in [7, 11) is 0. The average Bonchev–Trinajstić information content (AvgIpc) is 2.36. The van der Waals surface area contributed by atoms with Gasteiger partial charge >= 0.3 is 0 Å². The molecule has 2 saturated carbocycles. The van der Waals surface area contributed by atoms with E-state index in [0.717, 1.165) is 0 Å². The van der Waals surface area contributed by atoms with Crippen LogP contribution in [0.1, 0.15) is 40.0 Å². The van der Waals surface area contributed by atoms with Crippen molar-refractivity contribution in [2.24, 2.45) is 22.7 Å². The molecule has 0 bridgehead atoms. The molecule has 0 aromatic carbocycles. The molecule has 1 spiro atoms. The van der Waals surface area contributed by atoms with Gasteiger partial charge in [0.1, 0.15) is 0 Å². The van der Waals surface area contributed by atoms with Gasteiger partial charge in [0.05, 0.1) is 0 Å². The third-order valence-electron chi connectivity index (χ3n) is 6.00. The molecule has 3 aliphatic rings. The van der Waals surface area contributed by atoms with Crippen LogP contribution in [0, 0.1) is 22.7 Å². The van der Waals surface area contributed by atoms with Gasteiger partial charge in [-0.1, -0.05) is 35.4 Å². The second-order valence-corrected chi connectivity index (χ2v) is 7.33. The van der Waals surface area contributed by atoms with Crippen molar-refractivity contribution in [3.05, 3.63) is 11.6 Å². The zero-order valence-corrected chi connectivity index (χ0v) is 11.8. The fourth-order valence-electron chi connectivity index (χ4n) is 4.81. The van der Waals surface area contributed by atoms with E-state index in [1.807, 2.05) is 6.08 Å². The predicted molar refractivity (Wildman–Crippen MR) is 68.5 cm³/mol. The van der Waals surface area contributed by atoms with Crippen LogP contribution >= 0.6 is 15.9 Å². The average molecular weight is 283 g/mol. The first-order valence-corrected chi connectivity index (χ1v) is 7.21. The second kappa shape index (κ2) is 3.01. The zero-order valence-electron chi connectivity index (χ0n) is 10.2. The van der Waals surface area contributed by atoms with Crippen molar-refractivity contribution in [1.82, 2.24) is 0 Å². The molecule has 0 aliphatic heterocycles. The number of carbonyl (C=O) groups is 1. The van der Waals surface area contributed by atoms with Crippen molar-refractivity contribution >= 4 is 21.7 Å². The van der Waals surface area contributed by atoms with Crippen molar-refractivity contribution in [1.29, 1.82) is 0 Å². The molecule has 0 amide bonds. The lowest BCUT2D eigenvalue weighted by Crippen LogP contribution is -2.58. The van der Waals surface area contributed by atoms with E-state index in [-0.39, 0.29) is 11.3 Å². The first kappa shape index (κ1) is 11.0. The van der Waals surface area contributed by atoms with Crippen LogP contribution in [0.3, 0.4) is 0 Å². The van der Waals surface area contributed by atoms with Gasteiger partial charge in [-0.15, -0.1) is 0 Å². The number of allylic oxidation sites excluding steroid dienone is 2. The van der Waals surface area contributed by atoms with Crippen LogP contribution in [0.15, 0.2) is 11.6 Å². The quantitative estimate of drug-likeness (QED) is 0.619. The lowest BCUT2D eigenvalue weighted by Gasteiger charge is -2.61. The van der Waals surface area contributed by atoms with Crippen molar-refractivity contribution in [2.45, 2.75) is 44.9 Å². The SMILES string of the molecule is CC1=CC(=O)[C@H](C)[C@]23CC[C@@]2(C)[C@@H](Br)C[C@H]13. The first-order chi connectivity index (χ1) is 7.43. The van der Waals surface area contributed by atoms with E-state index in [9.17, 15) is 4.79 Å². The molecule has 0 aromatic rings. The van der Waals surface area contributed by atoms with E-state index in [4.69, 9.17) is 0 Å². The highest BCUT2D eigenvalue weighted by Gasteiger charge is 2.71. The molecule has 0 N–H and O–H groups in total.